The first kappa shape index (κ1) is 29.5. The van der Waals surface area contributed by atoms with E-state index in [9.17, 15) is 4.79 Å². The third kappa shape index (κ3) is 7.50. The largest absolute Gasteiger partial charge is 0.350 e. The van der Waals surface area contributed by atoms with E-state index in [0.29, 0.717) is 17.3 Å². The molecule has 1 aromatic carbocycles. The molecule has 0 atom stereocenters. The molecule has 0 spiro atoms. The Kier molecular flexibility index (Phi) is 9.83. The van der Waals surface area contributed by atoms with Crippen molar-refractivity contribution in [2.75, 3.05) is 23.7 Å². The van der Waals surface area contributed by atoms with E-state index in [2.05, 4.69) is 70.3 Å². The molecule has 1 aliphatic heterocycles. The summed E-state index contributed by atoms with van der Waals surface area (Å²) in [4.78, 5) is 29.0. The van der Waals surface area contributed by atoms with Crippen LogP contribution in [0.3, 0.4) is 0 Å². The van der Waals surface area contributed by atoms with Crippen molar-refractivity contribution in [1.29, 1.82) is 0 Å². The van der Waals surface area contributed by atoms with E-state index in [1.165, 1.54) is 11.1 Å². The van der Waals surface area contributed by atoms with Crippen LogP contribution in [0.25, 0.3) is 0 Å². The van der Waals surface area contributed by atoms with Crippen molar-refractivity contribution < 1.29 is 6.22 Å². The molecule has 0 saturated heterocycles. The van der Waals surface area contributed by atoms with E-state index in [1.54, 1.807) is 12.4 Å². The average Bonchev–Trinajstić information content (AvgIpc) is 2.84. The number of aromatic nitrogens is 3. The van der Waals surface area contributed by atoms with Crippen LogP contribution in [0, 0.1) is 0 Å². The zero-order valence-corrected chi connectivity index (χ0v) is 25.2. The molecule has 8 nitrogen and oxygen atoms in total. The highest BCUT2D eigenvalue weighted by molar-refractivity contribution is 14.0. The molecule has 0 radical (unpaired) electrons. The Morgan fingerprint density at radius 1 is 1.13 bits per heavy atom. The fourth-order valence-electron chi connectivity index (χ4n) is 4.26. The molecule has 3 N–H and O–H groups in total. The maximum Gasteiger partial charge on any atom is 0.256 e. The van der Waals surface area contributed by atoms with Crippen molar-refractivity contribution in [3.63, 3.8) is 0 Å². The normalized spacial score (nSPS) is 13.3. The number of hydrogen-bond donors (Lipinski definition) is 3. The second kappa shape index (κ2) is 12.7. The zero-order chi connectivity index (χ0) is 26.6. The van der Waals surface area contributed by atoms with Gasteiger partial charge in [-0.2, -0.15) is 4.98 Å². The summed E-state index contributed by atoms with van der Waals surface area (Å²) in [5.41, 5.74) is 5.59. The topological polar surface area (TPSA) is 95.1 Å². The number of carbonyl (C=O) groups is 1. The number of pyridine rings is 1. The first-order valence-corrected chi connectivity index (χ1v) is 12.8. The van der Waals surface area contributed by atoms with Crippen molar-refractivity contribution in [2.45, 2.75) is 59.0 Å². The SMILES string of the molecule is C=CCN1CCc2cc(Nc3ncc(C(=O)NC(C)C)c(Nc4ccnc(C(C)(C)C)c4)n3)ccc2C1.I.[HH]. The fraction of sp³-hybridized carbons (Fsp3) is 0.379. The van der Waals surface area contributed by atoms with E-state index >= 15 is 0 Å². The molecule has 4 rings (SSSR count). The molecule has 1 amide bonds. The fourth-order valence-corrected chi connectivity index (χ4v) is 4.26. The Labute approximate surface area is 244 Å². The van der Waals surface area contributed by atoms with E-state index < -0.39 is 0 Å². The number of anilines is 4. The van der Waals surface area contributed by atoms with Gasteiger partial charge in [-0.3, -0.25) is 14.7 Å². The van der Waals surface area contributed by atoms with Gasteiger partial charge in [-0.25, -0.2) is 4.98 Å². The van der Waals surface area contributed by atoms with Crippen LogP contribution < -0.4 is 16.0 Å². The molecule has 0 bridgehead atoms. The Bertz CT molecular complexity index is 1290. The lowest BCUT2D eigenvalue weighted by Gasteiger charge is -2.28. The van der Waals surface area contributed by atoms with Gasteiger partial charge in [0.15, 0.2) is 0 Å². The summed E-state index contributed by atoms with van der Waals surface area (Å²) < 4.78 is 0. The Morgan fingerprint density at radius 2 is 1.89 bits per heavy atom. The maximum absolute atomic E-state index is 12.9. The lowest BCUT2D eigenvalue weighted by Crippen LogP contribution is -2.31. The smallest absolute Gasteiger partial charge is 0.256 e. The molecule has 0 saturated carbocycles. The van der Waals surface area contributed by atoms with Crippen LogP contribution >= 0.6 is 24.0 Å². The van der Waals surface area contributed by atoms with Crippen LogP contribution in [0.15, 0.2) is 55.4 Å². The van der Waals surface area contributed by atoms with Gasteiger partial charge in [-0.15, -0.1) is 30.6 Å². The number of hydrogen-bond acceptors (Lipinski definition) is 7. The minimum absolute atomic E-state index is 0. The summed E-state index contributed by atoms with van der Waals surface area (Å²) in [6.07, 6.45) is 6.26. The molecule has 204 valence electrons. The molecule has 0 aliphatic carbocycles. The van der Waals surface area contributed by atoms with Gasteiger partial charge in [-0.05, 0) is 55.7 Å². The molecule has 38 heavy (non-hydrogen) atoms. The Morgan fingerprint density at radius 3 is 2.61 bits per heavy atom. The number of nitrogens with zero attached hydrogens (tertiary/aromatic N) is 4. The van der Waals surface area contributed by atoms with Crippen molar-refractivity contribution in [1.82, 2.24) is 25.2 Å². The third-order valence-corrected chi connectivity index (χ3v) is 6.19. The second-order valence-corrected chi connectivity index (χ2v) is 10.8. The van der Waals surface area contributed by atoms with Crippen LogP contribution in [0.1, 0.15) is 63.2 Å². The van der Waals surface area contributed by atoms with Gasteiger partial charge in [0.2, 0.25) is 5.95 Å². The third-order valence-electron chi connectivity index (χ3n) is 6.19. The van der Waals surface area contributed by atoms with Gasteiger partial charge in [0.1, 0.15) is 11.4 Å². The molecule has 1 aliphatic rings. The van der Waals surface area contributed by atoms with Crippen LogP contribution in [0.4, 0.5) is 23.1 Å². The number of carbonyl (C=O) groups excluding carboxylic acids is 1. The van der Waals surface area contributed by atoms with Gasteiger partial charge in [0, 0.05) is 62.0 Å². The molecular formula is C29H40IN7O. The van der Waals surface area contributed by atoms with Crippen molar-refractivity contribution in [2.24, 2.45) is 0 Å². The summed E-state index contributed by atoms with van der Waals surface area (Å²) in [5.74, 6) is 0.615. The van der Waals surface area contributed by atoms with Gasteiger partial charge in [-0.1, -0.05) is 32.9 Å². The van der Waals surface area contributed by atoms with Crippen molar-refractivity contribution in [3.8, 4) is 0 Å². The maximum atomic E-state index is 12.9. The summed E-state index contributed by atoms with van der Waals surface area (Å²) in [6.45, 7) is 16.9. The number of fused-ring (bicyclic) bond motifs is 1. The highest BCUT2D eigenvalue weighted by Crippen LogP contribution is 2.27. The average molecular weight is 630 g/mol. The number of benzene rings is 1. The van der Waals surface area contributed by atoms with Gasteiger partial charge in [0.05, 0.1) is 0 Å². The molecule has 0 unspecified atom stereocenters. The minimum atomic E-state index is -0.230. The first-order valence-electron chi connectivity index (χ1n) is 12.8. The van der Waals surface area contributed by atoms with Crippen LogP contribution in [0.5, 0.6) is 0 Å². The standard InChI is InChI=1S/C29H37N7O.HI.H2/c1-7-13-36-14-11-20-15-22(9-8-21(20)18-36)34-28-31-17-24(27(37)32-19(2)3)26(35-28)33-23-10-12-30-25(16-23)29(4,5)6;;/h7-10,12,15-17,19H,1,11,13-14,18H2,2-6H3,(H,32,37)(H2,30,31,33,34,35);2*1H. The quantitative estimate of drug-likeness (QED) is 0.202. The number of halogens is 1. The van der Waals surface area contributed by atoms with Gasteiger partial charge >= 0.3 is 0 Å². The Balaban J connectivity index is 0.00000267. The van der Waals surface area contributed by atoms with Crippen molar-refractivity contribution in [3.05, 3.63) is 77.8 Å². The first-order chi connectivity index (χ1) is 17.6. The molecule has 2 aromatic heterocycles. The predicted molar refractivity (Wildman–Crippen MR) is 167 cm³/mol. The highest BCUT2D eigenvalue weighted by atomic mass is 127. The predicted octanol–water partition coefficient (Wildman–Crippen LogP) is 6.20. The van der Waals surface area contributed by atoms with Gasteiger partial charge < -0.3 is 16.0 Å². The lowest BCUT2D eigenvalue weighted by molar-refractivity contribution is 0.0943. The summed E-state index contributed by atoms with van der Waals surface area (Å²) in [7, 11) is 0. The van der Waals surface area contributed by atoms with Crippen LogP contribution in [-0.2, 0) is 18.4 Å². The minimum Gasteiger partial charge on any atom is -0.350 e. The highest BCUT2D eigenvalue weighted by Gasteiger charge is 2.20. The van der Waals surface area contributed by atoms with Crippen LogP contribution in [0.2, 0.25) is 0 Å². The van der Waals surface area contributed by atoms with Crippen molar-refractivity contribution >= 4 is 53.0 Å². The molecule has 3 aromatic rings. The second-order valence-electron chi connectivity index (χ2n) is 10.8. The number of rotatable bonds is 8. The van der Waals surface area contributed by atoms with E-state index in [1.807, 2.05) is 38.1 Å². The van der Waals surface area contributed by atoms with Crippen LogP contribution in [-0.4, -0.2) is 44.9 Å². The van der Waals surface area contributed by atoms with E-state index in [-0.39, 0.29) is 42.8 Å². The number of amides is 1. The summed E-state index contributed by atoms with van der Waals surface area (Å²) in [6, 6.07) is 10.2. The zero-order valence-electron chi connectivity index (χ0n) is 22.8. The lowest BCUT2D eigenvalue weighted by atomic mass is 9.91. The van der Waals surface area contributed by atoms with Gasteiger partial charge in [0.25, 0.3) is 5.91 Å². The number of nitrogens with one attached hydrogen (secondary N) is 3. The van der Waals surface area contributed by atoms with E-state index in [0.717, 1.165) is 43.1 Å². The Hall–Kier alpha value is -3.05. The molecule has 0 fully saturated rings. The monoisotopic (exact) mass is 629 g/mol. The summed E-state index contributed by atoms with van der Waals surface area (Å²) in [5, 5.41) is 9.58. The molecule has 3 heterocycles. The summed E-state index contributed by atoms with van der Waals surface area (Å²) >= 11 is 0. The molecular weight excluding hydrogens is 589 g/mol. The van der Waals surface area contributed by atoms with E-state index in [4.69, 9.17) is 4.98 Å². The molecule has 9 heteroatoms.